The molecule has 7 nitrogen and oxygen atoms in total. The Labute approximate surface area is 169 Å². The minimum atomic E-state index is -1.22. The maximum atomic E-state index is 11.9. The van der Waals surface area contributed by atoms with E-state index in [1.807, 2.05) is 21.1 Å². The normalized spacial score (nSPS) is 12.8. The number of hydrogen-bond acceptors (Lipinski definition) is 5. The minimum absolute atomic E-state index is 0.262. The van der Waals surface area contributed by atoms with Crippen LogP contribution in [0.25, 0.3) is 0 Å². The number of carbonyl (C=O) groups is 3. The van der Waals surface area contributed by atoms with Crippen molar-refractivity contribution in [1.82, 2.24) is 0 Å². The van der Waals surface area contributed by atoms with Gasteiger partial charge in [-0.15, -0.1) is 0 Å². The highest BCUT2D eigenvalue weighted by molar-refractivity contribution is 5.82. The van der Waals surface area contributed by atoms with Crippen molar-refractivity contribution in [3.8, 4) is 0 Å². The average molecular weight is 400 g/mol. The maximum Gasteiger partial charge on any atom is 0.330 e. The van der Waals surface area contributed by atoms with Gasteiger partial charge in [-0.05, 0) is 19.3 Å². The van der Waals surface area contributed by atoms with Crippen LogP contribution in [0.1, 0.15) is 70.6 Å². The molecule has 0 aromatic rings. The summed E-state index contributed by atoms with van der Waals surface area (Å²) in [7, 11) is 5.71. The van der Waals surface area contributed by atoms with E-state index in [-0.39, 0.29) is 12.8 Å². The van der Waals surface area contributed by atoms with Crippen LogP contribution in [-0.2, 0) is 19.1 Å². The average Bonchev–Trinajstić information content (AvgIpc) is 2.53. The van der Waals surface area contributed by atoms with E-state index in [0.29, 0.717) is 11.0 Å². The molecule has 0 bridgehead atoms. The summed E-state index contributed by atoms with van der Waals surface area (Å²) in [5.41, 5.74) is 0. The zero-order valence-corrected chi connectivity index (χ0v) is 17.7. The summed E-state index contributed by atoms with van der Waals surface area (Å²) in [6, 6.07) is 0. The molecule has 0 aromatic carbocycles. The van der Waals surface area contributed by atoms with Crippen molar-refractivity contribution in [3.63, 3.8) is 0 Å². The quantitative estimate of drug-likeness (QED) is 0.174. The van der Waals surface area contributed by atoms with Gasteiger partial charge in [0.1, 0.15) is 6.54 Å². The maximum absolute atomic E-state index is 11.9. The van der Waals surface area contributed by atoms with Gasteiger partial charge in [0.2, 0.25) is 0 Å². The highest BCUT2D eigenvalue weighted by atomic mass is 16.5. The van der Waals surface area contributed by atoms with E-state index < -0.39 is 24.0 Å². The number of ether oxygens (including phenoxy) is 1. The third-order valence-electron chi connectivity index (χ3n) is 4.19. The van der Waals surface area contributed by atoms with Crippen LogP contribution in [0.3, 0.4) is 0 Å². The number of likely N-dealkylation sites (N-methyl/N-ethyl adjacent to an activating group) is 1. The lowest BCUT2D eigenvalue weighted by Crippen LogP contribution is -2.45. The van der Waals surface area contributed by atoms with Gasteiger partial charge in [-0.2, -0.15) is 0 Å². The van der Waals surface area contributed by atoms with Gasteiger partial charge >= 0.3 is 11.9 Å². The lowest BCUT2D eigenvalue weighted by atomic mass is 10.1. The fourth-order valence-electron chi connectivity index (χ4n) is 2.92. The highest BCUT2D eigenvalue weighted by Gasteiger charge is 2.21. The van der Waals surface area contributed by atoms with Crippen LogP contribution in [-0.4, -0.2) is 61.3 Å². The molecular weight excluding hydrogens is 362 g/mol. The summed E-state index contributed by atoms with van der Waals surface area (Å²) in [5, 5.41) is 19.4. The summed E-state index contributed by atoms with van der Waals surface area (Å²) in [6.45, 7) is 0.407. The Balaban J connectivity index is 3.80. The monoisotopic (exact) mass is 399 g/mol. The molecule has 0 spiro atoms. The molecule has 0 rings (SSSR count). The van der Waals surface area contributed by atoms with E-state index in [2.05, 4.69) is 0 Å². The molecule has 162 valence electrons. The Bertz CT molecular complexity index is 496. The molecule has 0 saturated carbocycles. The first-order valence-corrected chi connectivity index (χ1v) is 10.2. The smallest absolute Gasteiger partial charge is 0.330 e. The summed E-state index contributed by atoms with van der Waals surface area (Å²) >= 11 is 0. The van der Waals surface area contributed by atoms with Crippen molar-refractivity contribution in [2.75, 3.05) is 27.7 Å². The van der Waals surface area contributed by atoms with Crippen LogP contribution < -0.4 is 5.11 Å². The van der Waals surface area contributed by atoms with Crippen LogP contribution in [0.5, 0.6) is 0 Å². The van der Waals surface area contributed by atoms with Gasteiger partial charge in [0.25, 0.3) is 0 Å². The number of esters is 1. The Morgan fingerprint density at radius 2 is 1.50 bits per heavy atom. The van der Waals surface area contributed by atoms with Gasteiger partial charge in [-0.3, -0.25) is 4.79 Å². The van der Waals surface area contributed by atoms with Crippen molar-refractivity contribution in [3.05, 3.63) is 12.2 Å². The number of rotatable bonds is 17. The Morgan fingerprint density at radius 1 is 0.964 bits per heavy atom. The van der Waals surface area contributed by atoms with Gasteiger partial charge in [0.05, 0.1) is 21.1 Å². The van der Waals surface area contributed by atoms with E-state index in [4.69, 9.17) is 9.84 Å². The Hall–Kier alpha value is -1.89. The first-order valence-electron chi connectivity index (χ1n) is 10.2. The van der Waals surface area contributed by atoms with Crippen LogP contribution in [0.15, 0.2) is 12.2 Å². The molecule has 0 aliphatic carbocycles. The predicted molar refractivity (Wildman–Crippen MR) is 105 cm³/mol. The van der Waals surface area contributed by atoms with Gasteiger partial charge in [-0.25, -0.2) is 4.79 Å². The number of hydrogen-bond donors (Lipinski definition) is 1. The molecule has 7 heteroatoms. The zero-order chi connectivity index (χ0) is 21.4. The Kier molecular flexibility index (Phi) is 14.1. The minimum Gasteiger partial charge on any atom is -0.550 e. The summed E-state index contributed by atoms with van der Waals surface area (Å²) in [6.07, 6.45) is 11.5. The second kappa shape index (κ2) is 15.1. The van der Waals surface area contributed by atoms with Crippen molar-refractivity contribution in [1.29, 1.82) is 0 Å². The molecule has 1 unspecified atom stereocenters. The number of aliphatic carboxylic acids is 2. The molecule has 0 amide bonds. The van der Waals surface area contributed by atoms with E-state index in [9.17, 15) is 19.5 Å². The molecule has 0 aliphatic rings. The molecule has 0 heterocycles. The highest BCUT2D eigenvalue weighted by Crippen LogP contribution is 2.11. The fourth-order valence-corrected chi connectivity index (χ4v) is 2.92. The number of carboxylic acid groups (broad SMARTS) is 2. The predicted octanol–water partition coefficient (Wildman–Crippen LogP) is 2.29. The standard InChI is InChI=1S/C21H37NO6/c1-22(2,3)17-18(16-20(25)26)28-21(27)15-13-11-9-7-5-4-6-8-10-12-14-19(23)24/h13,15,18H,4-12,14,16-17H2,1-3H3,(H-,23,24,25,26)/b15-13+. The van der Waals surface area contributed by atoms with Crippen molar-refractivity contribution in [2.45, 2.75) is 76.7 Å². The fraction of sp³-hybridized carbons (Fsp3) is 0.762. The molecule has 28 heavy (non-hydrogen) atoms. The van der Waals surface area contributed by atoms with Crippen LogP contribution in [0.4, 0.5) is 0 Å². The summed E-state index contributed by atoms with van der Waals surface area (Å²) < 4.78 is 5.74. The lowest BCUT2D eigenvalue weighted by Gasteiger charge is -2.29. The van der Waals surface area contributed by atoms with E-state index in [1.54, 1.807) is 6.08 Å². The van der Waals surface area contributed by atoms with E-state index >= 15 is 0 Å². The third kappa shape index (κ3) is 18.9. The Morgan fingerprint density at radius 3 is 2.00 bits per heavy atom. The van der Waals surface area contributed by atoms with Crippen molar-refractivity contribution < 1.29 is 33.8 Å². The van der Waals surface area contributed by atoms with E-state index in [1.165, 1.54) is 6.08 Å². The van der Waals surface area contributed by atoms with Gasteiger partial charge in [0.15, 0.2) is 6.10 Å². The SMILES string of the molecule is C[N+](C)(C)CC(CC(=O)[O-])OC(=O)/C=C/CCCCCCCCCCC(=O)O. The van der Waals surface area contributed by atoms with Gasteiger partial charge < -0.3 is 24.2 Å². The van der Waals surface area contributed by atoms with Gasteiger partial charge in [0, 0.05) is 24.9 Å². The summed E-state index contributed by atoms with van der Waals surface area (Å²) in [4.78, 5) is 33.1. The number of allylic oxidation sites excluding steroid dienone is 1. The number of unbranched alkanes of at least 4 members (excludes halogenated alkanes) is 8. The number of nitrogens with zero attached hydrogens (tertiary/aromatic N) is 1. The van der Waals surface area contributed by atoms with Crippen molar-refractivity contribution in [2.24, 2.45) is 0 Å². The molecule has 0 aliphatic heterocycles. The number of carbonyl (C=O) groups excluding carboxylic acids is 2. The second-order valence-corrected chi connectivity index (χ2v) is 8.27. The topological polar surface area (TPSA) is 104 Å². The summed E-state index contributed by atoms with van der Waals surface area (Å²) in [5.74, 6) is -2.46. The van der Waals surface area contributed by atoms with Crippen LogP contribution in [0, 0.1) is 0 Å². The molecule has 1 atom stereocenters. The largest absolute Gasteiger partial charge is 0.550 e. The zero-order valence-electron chi connectivity index (χ0n) is 17.7. The first kappa shape index (κ1) is 26.1. The third-order valence-corrected chi connectivity index (χ3v) is 4.19. The van der Waals surface area contributed by atoms with E-state index in [0.717, 1.165) is 57.8 Å². The van der Waals surface area contributed by atoms with Crippen molar-refractivity contribution >= 4 is 17.9 Å². The molecule has 1 N–H and O–H groups in total. The molecule has 0 saturated heterocycles. The van der Waals surface area contributed by atoms with Gasteiger partial charge in [-0.1, -0.05) is 44.6 Å². The lowest BCUT2D eigenvalue weighted by molar-refractivity contribution is -0.873. The first-order chi connectivity index (χ1) is 13.1. The van der Waals surface area contributed by atoms with Crippen LogP contribution >= 0.6 is 0 Å². The second-order valence-electron chi connectivity index (χ2n) is 8.27. The van der Waals surface area contributed by atoms with Crippen LogP contribution in [0.2, 0.25) is 0 Å². The number of carboxylic acids is 2. The molecule has 0 fully saturated rings. The number of quaternary nitrogens is 1. The molecular formula is C21H37NO6. The molecule has 0 radical (unpaired) electrons. The molecule has 0 aromatic heterocycles.